The molecule has 0 atom stereocenters. The van der Waals surface area contributed by atoms with Crippen molar-refractivity contribution in [2.24, 2.45) is 0 Å². The molecule has 642 valence electrons. The molecular formula is C129H96N6. The first-order valence-electron chi connectivity index (χ1n) is 46.3. The quantitative estimate of drug-likeness (QED) is 0.0625. The van der Waals surface area contributed by atoms with E-state index in [-0.39, 0.29) is 0 Å². The lowest BCUT2D eigenvalue weighted by Gasteiger charge is -2.28. The zero-order chi connectivity index (χ0) is 90.5. The van der Waals surface area contributed by atoms with Crippen LogP contribution in [0.4, 0.5) is 85.3 Å². The van der Waals surface area contributed by atoms with Gasteiger partial charge in [-0.2, -0.15) is 0 Å². The average Bonchev–Trinajstić information content (AvgIpc) is 0.774. The van der Waals surface area contributed by atoms with Crippen LogP contribution in [0.3, 0.4) is 0 Å². The summed E-state index contributed by atoms with van der Waals surface area (Å²) in [6.07, 6.45) is 0. The minimum absolute atomic E-state index is 1.11. The Morgan fingerprint density at radius 1 is 0.119 bits per heavy atom. The number of rotatable bonds is 18. The molecule has 0 bridgehead atoms. The summed E-state index contributed by atoms with van der Waals surface area (Å²) in [5, 5.41) is 22.4. The van der Waals surface area contributed by atoms with E-state index >= 15 is 0 Å². The summed E-state index contributed by atoms with van der Waals surface area (Å²) in [7, 11) is 6.48. The lowest BCUT2D eigenvalue weighted by Crippen LogP contribution is -2.13. The second kappa shape index (κ2) is 37.1. The van der Waals surface area contributed by atoms with E-state index < -0.39 is 0 Å². The van der Waals surface area contributed by atoms with E-state index in [1.165, 1.54) is 142 Å². The summed E-state index contributed by atoms with van der Waals surface area (Å²) < 4.78 is 0. The standard InChI is InChI=1S/3C43H32N2/c1-44(43-40-19-9-6-15-34(40)30-35-16-7-10-20-41(35)43)36-26-28-38(29-27-36)45(42-21-11-17-33-14-5-8-18-39(33)42)37-24-22-32(23-25-37)31-12-3-2-4-13-31;1-44(43-30-34-15-6-7-17-38(34)40-19-9-10-20-41(40)43)35-26-28-37(29-27-35)45(42-21-11-16-33-14-5-8-18-39(33)42)36-24-22-32(23-25-36)31-12-3-2-4-13-31;1-44(41-23-20-36-28-34-13-5-6-14-35(34)29-37(36)30-41)38-24-26-40(27-25-38)45(43-17-9-15-33-12-7-8-16-42(33)43)39-21-18-32(19-22-39)31-10-3-2-4-11-31/h3*2-30H,1H3. The second-order valence-electron chi connectivity index (χ2n) is 34.5. The molecule has 0 unspecified atom stereocenters. The maximum atomic E-state index is 2.37. The van der Waals surface area contributed by atoms with E-state index in [1.54, 1.807) is 0 Å². The predicted molar refractivity (Wildman–Crippen MR) is 581 cm³/mol. The van der Waals surface area contributed by atoms with Gasteiger partial charge in [0, 0.05) is 116 Å². The molecule has 0 aliphatic rings. The first kappa shape index (κ1) is 83.1. The molecule has 6 heteroatoms. The van der Waals surface area contributed by atoms with E-state index in [1.807, 2.05) is 0 Å². The van der Waals surface area contributed by atoms with Crippen molar-refractivity contribution in [3.63, 3.8) is 0 Å². The zero-order valence-corrected chi connectivity index (χ0v) is 75.4. The molecule has 0 fully saturated rings. The highest BCUT2D eigenvalue weighted by Crippen LogP contribution is 2.48. The largest absolute Gasteiger partial charge is 0.345 e. The fourth-order valence-corrected chi connectivity index (χ4v) is 19.5. The van der Waals surface area contributed by atoms with Crippen molar-refractivity contribution in [3.05, 3.63) is 528 Å². The maximum absolute atomic E-state index is 2.37. The first-order valence-corrected chi connectivity index (χ1v) is 46.3. The molecule has 0 aliphatic heterocycles. The predicted octanol–water partition coefficient (Wildman–Crippen LogP) is 36.2. The molecule has 0 heterocycles. The monoisotopic (exact) mass is 1730 g/mol. The zero-order valence-electron chi connectivity index (χ0n) is 75.4. The Labute approximate surface area is 788 Å². The molecule has 24 aromatic carbocycles. The number of anilines is 15. The smallest absolute Gasteiger partial charge is 0.0567 e. The van der Waals surface area contributed by atoms with Gasteiger partial charge >= 0.3 is 0 Å². The summed E-state index contributed by atoms with van der Waals surface area (Å²) >= 11 is 0. The van der Waals surface area contributed by atoms with Gasteiger partial charge in [-0.25, -0.2) is 0 Å². The van der Waals surface area contributed by atoms with Crippen molar-refractivity contribution in [3.8, 4) is 33.4 Å². The summed E-state index contributed by atoms with van der Waals surface area (Å²) in [6, 6.07) is 190. The van der Waals surface area contributed by atoms with E-state index in [9.17, 15) is 0 Å². The highest BCUT2D eigenvalue weighted by atomic mass is 15.2. The van der Waals surface area contributed by atoms with Crippen molar-refractivity contribution >= 4 is 182 Å². The number of nitrogens with zero attached hydrogens (tertiary/aromatic N) is 6. The van der Waals surface area contributed by atoms with Gasteiger partial charge in [-0.1, -0.05) is 364 Å². The molecule has 24 rings (SSSR count). The van der Waals surface area contributed by atoms with Crippen LogP contribution >= 0.6 is 0 Å². The van der Waals surface area contributed by atoms with Crippen LogP contribution in [0.1, 0.15) is 0 Å². The van der Waals surface area contributed by atoms with Crippen molar-refractivity contribution in [2.75, 3.05) is 50.5 Å². The van der Waals surface area contributed by atoms with Crippen LogP contribution in [0.25, 0.3) is 130 Å². The van der Waals surface area contributed by atoms with Crippen LogP contribution in [-0.2, 0) is 0 Å². The van der Waals surface area contributed by atoms with Gasteiger partial charge < -0.3 is 29.4 Å². The lowest BCUT2D eigenvalue weighted by atomic mass is 9.99. The number of hydrogen-bond donors (Lipinski definition) is 0. The number of hydrogen-bond acceptors (Lipinski definition) is 6. The lowest BCUT2D eigenvalue weighted by molar-refractivity contribution is 1.21. The Balaban J connectivity index is 0.000000118. The van der Waals surface area contributed by atoms with Crippen molar-refractivity contribution in [2.45, 2.75) is 0 Å². The van der Waals surface area contributed by atoms with Crippen molar-refractivity contribution in [1.29, 1.82) is 0 Å². The van der Waals surface area contributed by atoms with E-state index in [0.717, 1.165) is 73.9 Å². The SMILES string of the molecule is CN(c1ccc(N(c2ccc(-c3ccccc3)cc2)c2cccc3ccccc23)cc1)c1c2ccccc2cc2ccccc12.CN(c1ccc(N(c2ccc(-c3ccccc3)cc2)c2cccc3ccccc23)cc1)c1cc2ccccc2c2ccccc12.CN(c1ccc(N(c2ccc(-c3ccccc3)cc2)c2cccc3ccccc23)cc1)c1ccc2cc3ccccc3cc2c1. The molecule has 0 N–H and O–H groups in total. The van der Waals surface area contributed by atoms with Crippen LogP contribution in [0.2, 0.25) is 0 Å². The van der Waals surface area contributed by atoms with Gasteiger partial charge in [0.2, 0.25) is 0 Å². The van der Waals surface area contributed by atoms with Gasteiger partial charge in [0.1, 0.15) is 0 Å². The minimum Gasteiger partial charge on any atom is -0.345 e. The fraction of sp³-hybridized carbons (Fsp3) is 0.0233. The van der Waals surface area contributed by atoms with Crippen molar-refractivity contribution < 1.29 is 0 Å². The first-order chi connectivity index (χ1) is 66.7. The Hall–Kier alpha value is -17.6. The third kappa shape index (κ3) is 16.8. The van der Waals surface area contributed by atoms with Gasteiger partial charge in [-0.15, -0.1) is 0 Å². The molecular weight excluding hydrogens is 1630 g/mol. The molecule has 0 aromatic heterocycles. The molecule has 135 heavy (non-hydrogen) atoms. The molecule has 0 saturated carbocycles. The summed E-state index contributed by atoms with van der Waals surface area (Å²) in [4.78, 5) is 14.0. The summed E-state index contributed by atoms with van der Waals surface area (Å²) in [5.74, 6) is 0. The summed E-state index contributed by atoms with van der Waals surface area (Å²) in [6.45, 7) is 0. The number of fused-ring (bicyclic) bond motifs is 10. The van der Waals surface area contributed by atoms with Crippen LogP contribution < -0.4 is 29.4 Å². The Kier molecular flexibility index (Phi) is 22.8. The normalized spacial score (nSPS) is 11.2. The van der Waals surface area contributed by atoms with E-state index in [0.29, 0.717) is 0 Å². The Morgan fingerprint density at radius 2 is 0.363 bits per heavy atom. The highest BCUT2D eigenvalue weighted by molar-refractivity contribution is 6.15. The van der Waals surface area contributed by atoms with Gasteiger partial charge in [-0.05, 0) is 262 Å². The van der Waals surface area contributed by atoms with Crippen molar-refractivity contribution in [1.82, 2.24) is 0 Å². The van der Waals surface area contributed by atoms with Crippen LogP contribution in [0, 0.1) is 0 Å². The average molecular weight is 1730 g/mol. The maximum Gasteiger partial charge on any atom is 0.0567 e. The molecule has 6 nitrogen and oxygen atoms in total. The molecule has 0 spiro atoms. The molecule has 0 radical (unpaired) electrons. The topological polar surface area (TPSA) is 19.4 Å². The fourth-order valence-electron chi connectivity index (χ4n) is 19.5. The third-order valence-electron chi connectivity index (χ3n) is 26.5. The van der Waals surface area contributed by atoms with Gasteiger partial charge in [-0.3, -0.25) is 0 Å². The molecule has 0 saturated heterocycles. The minimum atomic E-state index is 1.11. The van der Waals surface area contributed by atoms with Gasteiger partial charge in [0.15, 0.2) is 0 Å². The Morgan fingerprint density at radius 3 is 0.748 bits per heavy atom. The molecule has 24 aromatic rings. The van der Waals surface area contributed by atoms with Gasteiger partial charge in [0.05, 0.1) is 22.7 Å². The second-order valence-corrected chi connectivity index (χ2v) is 34.5. The van der Waals surface area contributed by atoms with Crippen LogP contribution in [-0.4, -0.2) is 21.1 Å². The molecule has 0 amide bonds. The summed E-state index contributed by atoms with van der Waals surface area (Å²) in [5.41, 5.74) is 24.4. The van der Waals surface area contributed by atoms with E-state index in [4.69, 9.17) is 0 Å². The third-order valence-corrected chi connectivity index (χ3v) is 26.5. The van der Waals surface area contributed by atoms with Gasteiger partial charge in [0.25, 0.3) is 0 Å². The Bertz CT molecular complexity index is 8300. The number of benzene rings is 24. The molecule has 0 aliphatic carbocycles. The van der Waals surface area contributed by atoms with Crippen LogP contribution in [0.5, 0.6) is 0 Å². The van der Waals surface area contributed by atoms with Crippen LogP contribution in [0.15, 0.2) is 528 Å². The van der Waals surface area contributed by atoms with E-state index in [2.05, 4.69) is 578 Å². The highest BCUT2D eigenvalue weighted by Gasteiger charge is 2.23.